The number of amidine groups is 1. The number of halogens is 1. The highest BCUT2D eigenvalue weighted by molar-refractivity contribution is 8.00. The van der Waals surface area contributed by atoms with Crippen molar-refractivity contribution in [2.24, 2.45) is 5.73 Å². The van der Waals surface area contributed by atoms with Crippen LogP contribution in [0.2, 0.25) is 5.02 Å². The van der Waals surface area contributed by atoms with E-state index in [0.717, 1.165) is 41.7 Å². The quantitative estimate of drug-likeness (QED) is 0.300. The molecule has 0 saturated carbocycles. The summed E-state index contributed by atoms with van der Waals surface area (Å²) in [6.07, 6.45) is 2.02. The van der Waals surface area contributed by atoms with Crippen molar-refractivity contribution in [2.75, 3.05) is 11.6 Å². The second-order valence-corrected chi connectivity index (χ2v) is 8.47. The Morgan fingerprint density at radius 1 is 1.38 bits per heavy atom. The smallest absolute Gasteiger partial charge is 0.187 e. The molecule has 0 atom stereocenters. The molecule has 24 heavy (non-hydrogen) atoms. The molecule has 0 aliphatic rings. The third kappa shape index (κ3) is 3.59. The molecule has 124 valence electrons. The SMILES string of the molecule is CSc1sc(C(=N)N)cc1-c1csc(Nc2ccc(Cl)cc2C)n1. The number of nitrogens with zero attached hydrogens (tertiary/aromatic N) is 1. The van der Waals surface area contributed by atoms with Crippen molar-refractivity contribution in [2.45, 2.75) is 11.1 Å². The molecule has 3 rings (SSSR count). The standard InChI is InChI=1S/C16H15ClN4S3/c1-8-5-9(17)3-4-11(8)20-16-21-12(7-23-16)10-6-13(14(18)19)24-15(10)22-2/h3-7H,1-2H3,(H3,18,19)(H,20,21). The molecule has 0 radical (unpaired) electrons. The third-order valence-electron chi connectivity index (χ3n) is 3.36. The molecule has 4 nitrogen and oxygen atoms in total. The minimum Gasteiger partial charge on any atom is -0.383 e. The Morgan fingerprint density at radius 2 is 2.17 bits per heavy atom. The van der Waals surface area contributed by atoms with Gasteiger partial charge in [-0.15, -0.1) is 34.4 Å². The molecule has 0 spiro atoms. The van der Waals surface area contributed by atoms with Gasteiger partial charge < -0.3 is 11.1 Å². The minimum atomic E-state index is 0.0897. The Hall–Kier alpha value is -1.54. The largest absolute Gasteiger partial charge is 0.383 e. The lowest BCUT2D eigenvalue weighted by Gasteiger charge is -2.06. The van der Waals surface area contributed by atoms with Gasteiger partial charge in [0.1, 0.15) is 5.84 Å². The van der Waals surface area contributed by atoms with Crippen LogP contribution in [-0.2, 0) is 0 Å². The van der Waals surface area contributed by atoms with Gasteiger partial charge in [-0.3, -0.25) is 5.41 Å². The summed E-state index contributed by atoms with van der Waals surface area (Å²) in [5, 5.41) is 14.5. The molecule has 3 aromatic rings. The zero-order valence-corrected chi connectivity index (χ0v) is 16.2. The van der Waals surface area contributed by atoms with Gasteiger partial charge in [0.15, 0.2) is 5.13 Å². The maximum absolute atomic E-state index is 7.62. The molecule has 0 fully saturated rings. The molecule has 0 amide bonds. The van der Waals surface area contributed by atoms with Crippen molar-refractivity contribution < 1.29 is 0 Å². The van der Waals surface area contributed by atoms with Crippen LogP contribution in [0.25, 0.3) is 11.3 Å². The van der Waals surface area contributed by atoms with Crippen molar-refractivity contribution in [1.82, 2.24) is 4.98 Å². The fourth-order valence-electron chi connectivity index (χ4n) is 2.17. The van der Waals surface area contributed by atoms with E-state index in [1.54, 1.807) is 23.1 Å². The average molecular weight is 395 g/mol. The van der Waals surface area contributed by atoms with Crippen LogP contribution in [0.3, 0.4) is 0 Å². The normalized spacial score (nSPS) is 10.8. The first kappa shape index (κ1) is 17.3. The maximum atomic E-state index is 7.62. The zero-order valence-electron chi connectivity index (χ0n) is 13.0. The maximum Gasteiger partial charge on any atom is 0.187 e. The predicted molar refractivity (Wildman–Crippen MR) is 108 cm³/mol. The molecule has 4 N–H and O–H groups in total. The lowest BCUT2D eigenvalue weighted by molar-refractivity contribution is 1.35. The van der Waals surface area contributed by atoms with E-state index in [0.29, 0.717) is 0 Å². The van der Waals surface area contributed by atoms with E-state index in [1.165, 1.54) is 11.3 Å². The van der Waals surface area contributed by atoms with E-state index in [2.05, 4.69) is 10.3 Å². The average Bonchev–Trinajstić information content (AvgIpc) is 3.16. The number of thiazole rings is 1. The second kappa shape index (κ2) is 7.14. The number of hydrogen-bond donors (Lipinski definition) is 3. The molecule has 0 aliphatic heterocycles. The molecule has 0 saturated heterocycles. The monoisotopic (exact) mass is 394 g/mol. The van der Waals surface area contributed by atoms with E-state index < -0.39 is 0 Å². The number of benzene rings is 1. The molecular formula is C16H15ClN4S3. The highest BCUT2D eigenvalue weighted by atomic mass is 35.5. The van der Waals surface area contributed by atoms with E-state index in [4.69, 9.17) is 22.7 Å². The van der Waals surface area contributed by atoms with E-state index in [9.17, 15) is 0 Å². The van der Waals surface area contributed by atoms with Gasteiger partial charge in [-0.2, -0.15) is 0 Å². The van der Waals surface area contributed by atoms with E-state index >= 15 is 0 Å². The number of thiophene rings is 1. The van der Waals surface area contributed by atoms with Crippen LogP contribution in [0.5, 0.6) is 0 Å². The number of rotatable bonds is 5. The molecule has 2 aromatic heterocycles. The van der Waals surface area contributed by atoms with Gasteiger partial charge in [-0.25, -0.2) is 4.98 Å². The number of anilines is 2. The highest BCUT2D eigenvalue weighted by Gasteiger charge is 2.15. The van der Waals surface area contributed by atoms with Crippen molar-refractivity contribution >= 4 is 62.7 Å². The van der Waals surface area contributed by atoms with Crippen molar-refractivity contribution in [3.05, 3.63) is 45.1 Å². The zero-order chi connectivity index (χ0) is 17.3. The summed E-state index contributed by atoms with van der Waals surface area (Å²) in [5.74, 6) is 0.0897. The van der Waals surface area contributed by atoms with Crippen LogP contribution >= 0.6 is 46.0 Å². The number of nitrogens with two attached hydrogens (primary N) is 1. The van der Waals surface area contributed by atoms with Crippen LogP contribution in [0, 0.1) is 12.3 Å². The summed E-state index contributed by atoms with van der Waals surface area (Å²) in [5.41, 5.74) is 9.58. The summed E-state index contributed by atoms with van der Waals surface area (Å²) in [6, 6.07) is 7.66. The summed E-state index contributed by atoms with van der Waals surface area (Å²) in [6.45, 7) is 2.01. The first-order chi connectivity index (χ1) is 11.5. The van der Waals surface area contributed by atoms with Crippen molar-refractivity contribution in [3.8, 4) is 11.3 Å². The minimum absolute atomic E-state index is 0.0897. The Morgan fingerprint density at radius 3 is 2.83 bits per heavy atom. The van der Waals surface area contributed by atoms with Gasteiger partial charge >= 0.3 is 0 Å². The number of aryl methyl sites for hydroxylation is 1. The third-order valence-corrected chi connectivity index (χ3v) is 6.66. The van der Waals surface area contributed by atoms with Crippen LogP contribution in [0.1, 0.15) is 10.4 Å². The molecule has 0 bridgehead atoms. The molecule has 8 heteroatoms. The van der Waals surface area contributed by atoms with Crippen molar-refractivity contribution in [1.29, 1.82) is 5.41 Å². The number of hydrogen-bond acceptors (Lipinski definition) is 6. The summed E-state index contributed by atoms with van der Waals surface area (Å²) in [7, 11) is 0. The summed E-state index contributed by atoms with van der Waals surface area (Å²) >= 11 is 10.7. The Balaban J connectivity index is 1.89. The van der Waals surface area contributed by atoms with Gasteiger partial charge in [-0.1, -0.05) is 11.6 Å². The summed E-state index contributed by atoms with van der Waals surface area (Å²) in [4.78, 5) is 5.45. The van der Waals surface area contributed by atoms with Crippen LogP contribution < -0.4 is 11.1 Å². The second-order valence-electron chi connectivity index (χ2n) is 5.05. The number of nitrogen functional groups attached to an aromatic ring is 1. The highest BCUT2D eigenvalue weighted by Crippen LogP contribution is 2.39. The lowest BCUT2D eigenvalue weighted by atomic mass is 10.2. The van der Waals surface area contributed by atoms with Gasteiger partial charge in [0.2, 0.25) is 0 Å². The molecule has 1 aromatic carbocycles. The van der Waals surface area contributed by atoms with E-state index in [1.807, 2.05) is 42.8 Å². The number of aromatic nitrogens is 1. The number of thioether (sulfide) groups is 1. The topological polar surface area (TPSA) is 74.8 Å². The molecular weight excluding hydrogens is 380 g/mol. The molecule has 2 heterocycles. The fourth-order valence-corrected chi connectivity index (χ4v) is 4.87. The van der Waals surface area contributed by atoms with Crippen LogP contribution in [0.15, 0.2) is 33.9 Å². The number of nitrogens with one attached hydrogen (secondary N) is 2. The molecule has 0 unspecified atom stereocenters. The lowest BCUT2D eigenvalue weighted by Crippen LogP contribution is -2.08. The van der Waals surface area contributed by atoms with Crippen LogP contribution in [0.4, 0.5) is 10.8 Å². The van der Waals surface area contributed by atoms with Crippen LogP contribution in [-0.4, -0.2) is 17.1 Å². The molecule has 0 aliphatic carbocycles. The first-order valence-corrected chi connectivity index (χ1v) is 10.3. The Labute approximate surface area is 157 Å². The fraction of sp³-hybridized carbons (Fsp3) is 0.125. The van der Waals surface area contributed by atoms with Gasteiger partial charge in [0, 0.05) is 21.7 Å². The predicted octanol–water partition coefficient (Wildman–Crippen LogP) is 5.58. The Bertz CT molecular complexity index is 901. The van der Waals surface area contributed by atoms with Gasteiger partial charge in [-0.05, 0) is 43.0 Å². The summed E-state index contributed by atoms with van der Waals surface area (Å²) < 4.78 is 1.11. The Kier molecular flexibility index (Phi) is 5.15. The van der Waals surface area contributed by atoms with Gasteiger partial charge in [0.25, 0.3) is 0 Å². The van der Waals surface area contributed by atoms with E-state index in [-0.39, 0.29) is 5.84 Å². The van der Waals surface area contributed by atoms with Crippen molar-refractivity contribution in [3.63, 3.8) is 0 Å². The van der Waals surface area contributed by atoms with Gasteiger partial charge in [0.05, 0.1) is 14.8 Å². The first-order valence-electron chi connectivity index (χ1n) is 6.99.